The number of aromatic nitrogens is 5. The van der Waals surface area contributed by atoms with E-state index in [2.05, 4.69) is 20.2 Å². The Morgan fingerprint density at radius 2 is 2.16 bits per heavy atom. The van der Waals surface area contributed by atoms with Gasteiger partial charge in [0.2, 0.25) is 0 Å². The van der Waals surface area contributed by atoms with Crippen LogP contribution < -0.4 is 4.74 Å². The number of pyridine rings is 1. The minimum Gasteiger partial charge on any atom is -0.494 e. The molecule has 3 aromatic rings. The molecule has 0 aliphatic carbocycles. The number of halogens is 1. The van der Waals surface area contributed by atoms with Crippen molar-refractivity contribution in [2.45, 2.75) is 6.92 Å². The third kappa shape index (κ3) is 1.90. The Balaban J connectivity index is 2.32. The third-order valence-corrected chi connectivity index (χ3v) is 2.97. The first kappa shape index (κ1) is 11.9. The quantitative estimate of drug-likeness (QED) is 0.671. The Hall–Kier alpha value is -2.21. The molecule has 0 aromatic carbocycles. The standard InChI is InChI=1S/C12H10ClN5O/c1-7-15-10(13)5-11-16-17-12(18(7)11)8-3-4-14-6-9(8)19-2/h3-6H,1-2H3. The van der Waals surface area contributed by atoms with Crippen LogP contribution in [0.3, 0.4) is 0 Å². The Bertz CT molecular complexity index is 755. The summed E-state index contributed by atoms with van der Waals surface area (Å²) in [5.74, 6) is 1.99. The fourth-order valence-corrected chi connectivity index (χ4v) is 2.17. The molecule has 0 unspecified atom stereocenters. The van der Waals surface area contributed by atoms with Crippen LogP contribution in [-0.2, 0) is 0 Å². The van der Waals surface area contributed by atoms with Crippen molar-refractivity contribution in [3.8, 4) is 17.1 Å². The SMILES string of the molecule is COc1cnccc1-c1nnc2cc(Cl)nc(C)n12. The van der Waals surface area contributed by atoms with Crippen molar-refractivity contribution < 1.29 is 4.74 Å². The summed E-state index contributed by atoms with van der Waals surface area (Å²) < 4.78 is 7.11. The van der Waals surface area contributed by atoms with Gasteiger partial charge < -0.3 is 4.74 Å². The van der Waals surface area contributed by atoms with Gasteiger partial charge in [-0.05, 0) is 13.0 Å². The molecule has 3 aromatic heterocycles. The Labute approximate surface area is 114 Å². The smallest absolute Gasteiger partial charge is 0.173 e. The molecule has 0 aliphatic heterocycles. The summed E-state index contributed by atoms with van der Waals surface area (Å²) in [4.78, 5) is 8.23. The third-order valence-electron chi connectivity index (χ3n) is 2.77. The maximum Gasteiger partial charge on any atom is 0.173 e. The van der Waals surface area contributed by atoms with Gasteiger partial charge in [0.05, 0.1) is 18.9 Å². The van der Waals surface area contributed by atoms with Gasteiger partial charge in [0.1, 0.15) is 16.7 Å². The lowest BCUT2D eigenvalue weighted by atomic mass is 10.2. The molecule has 6 nitrogen and oxygen atoms in total. The summed E-state index contributed by atoms with van der Waals surface area (Å²) in [6.07, 6.45) is 3.31. The minimum absolute atomic E-state index is 0.394. The average molecular weight is 276 g/mol. The average Bonchev–Trinajstić information content (AvgIpc) is 2.82. The highest BCUT2D eigenvalue weighted by molar-refractivity contribution is 6.29. The molecular weight excluding hydrogens is 266 g/mol. The van der Waals surface area contributed by atoms with Crippen molar-refractivity contribution in [2.24, 2.45) is 0 Å². The van der Waals surface area contributed by atoms with Crippen molar-refractivity contribution in [1.82, 2.24) is 24.6 Å². The first-order valence-electron chi connectivity index (χ1n) is 5.57. The van der Waals surface area contributed by atoms with Gasteiger partial charge in [-0.3, -0.25) is 9.38 Å². The van der Waals surface area contributed by atoms with E-state index in [1.165, 1.54) is 0 Å². The van der Waals surface area contributed by atoms with Crippen LogP contribution >= 0.6 is 11.6 Å². The maximum atomic E-state index is 5.91. The number of ether oxygens (including phenoxy) is 1. The topological polar surface area (TPSA) is 65.2 Å². The minimum atomic E-state index is 0.394. The molecule has 19 heavy (non-hydrogen) atoms. The van der Waals surface area contributed by atoms with E-state index in [1.54, 1.807) is 25.6 Å². The van der Waals surface area contributed by atoms with E-state index in [0.29, 0.717) is 28.2 Å². The van der Waals surface area contributed by atoms with E-state index in [4.69, 9.17) is 16.3 Å². The van der Waals surface area contributed by atoms with E-state index in [1.807, 2.05) is 17.4 Å². The number of rotatable bonds is 2. The second-order valence-electron chi connectivity index (χ2n) is 3.92. The summed E-state index contributed by atoms with van der Waals surface area (Å²) in [6, 6.07) is 3.49. The summed E-state index contributed by atoms with van der Waals surface area (Å²) in [5, 5.41) is 8.68. The molecule has 0 fully saturated rings. The first-order valence-corrected chi connectivity index (χ1v) is 5.95. The number of hydrogen-bond acceptors (Lipinski definition) is 5. The molecule has 3 heterocycles. The van der Waals surface area contributed by atoms with Gasteiger partial charge in [-0.2, -0.15) is 0 Å². The second kappa shape index (κ2) is 4.47. The van der Waals surface area contributed by atoms with Crippen LogP contribution in [-0.4, -0.2) is 31.7 Å². The Morgan fingerprint density at radius 3 is 2.95 bits per heavy atom. The summed E-state index contributed by atoms with van der Waals surface area (Å²) in [6.45, 7) is 1.85. The molecule has 0 amide bonds. The molecule has 96 valence electrons. The lowest BCUT2D eigenvalue weighted by Gasteiger charge is -2.07. The first-order chi connectivity index (χ1) is 9.20. The highest BCUT2D eigenvalue weighted by Gasteiger charge is 2.15. The van der Waals surface area contributed by atoms with Gasteiger partial charge in [0.15, 0.2) is 11.5 Å². The summed E-state index contributed by atoms with van der Waals surface area (Å²) >= 11 is 5.91. The van der Waals surface area contributed by atoms with Crippen LogP contribution in [0.5, 0.6) is 5.75 Å². The summed E-state index contributed by atoms with van der Waals surface area (Å²) in [7, 11) is 1.59. The fourth-order valence-electron chi connectivity index (χ4n) is 1.95. The Kier molecular flexibility index (Phi) is 2.79. The molecule has 0 radical (unpaired) electrons. The zero-order valence-electron chi connectivity index (χ0n) is 10.3. The van der Waals surface area contributed by atoms with Gasteiger partial charge in [-0.25, -0.2) is 4.98 Å². The molecule has 0 spiro atoms. The van der Waals surface area contributed by atoms with Gasteiger partial charge in [0.25, 0.3) is 0 Å². The van der Waals surface area contributed by atoms with Crippen LogP contribution in [0.15, 0.2) is 24.5 Å². The maximum absolute atomic E-state index is 5.91. The van der Waals surface area contributed by atoms with E-state index in [0.717, 1.165) is 5.56 Å². The molecule has 3 rings (SSSR count). The van der Waals surface area contributed by atoms with Gasteiger partial charge >= 0.3 is 0 Å². The van der Waals surface area contributed by atoms with E-state index in [-0.39, 0.29) is 0 Å². The van der Waals surface area contributed by atoms with Crippen molar-refractivity contribution >= 4 is 17.2 Å². The Morgan fingerprint density at radius 1 is 1.32 bits per heavy atom. The molecular formula is C12H10ClN5O. The molecule has 7 heteroatoms. The highest BCUT2D eigenvalue weighted by atomic mass is 35.5. The molecule has 0 saturated carbocycles. The van der Waals surface area contributed by atoms with Crippen molar-refractivity contribution in [3.05, 3.63) is 35.5 Å². The molecule has 0 bridgehead atoms. The van der Waals surface area contributed by atoms with Crippen molar-refractivity contribution in [1.29, 1.82) is 0 Å². The lowest BCUT2D eigenvalue weighted by molar-refractivity contribution is 0.414. The predicted molar refractivity (Wildman–Crippen MR) is 70.3 cm³/mol. The van der Waals surface area contributed by atoms with Crippen LogP contribution in [0.1, 0.15) is 5.82 Å². The van der Waals surface area contributed by atoms with Crippen molar-refractivity contribution in [2.75, 3.05) is 7.11 Å². The van der Waals surface area contributed by atoms with Crippen LogP contribution in [0, 0.1) is 6.92 Å². The van der Waals surface area contributed by atoms with Crippen LogP contribution in [0.25, 0.3) is 17.0 Å². The van der Waals surface area contributed by atoms with Gasteiger partial charge in [0, 0.05) is 12.3 Å². The second-order valence-corrected chi connectivity index (χ2v) is 4.31. The number of nitrogens with zero attached hydrogens (tertiary/aromatic N) is 5. The molecule has 0 saturated heterocycles. The zero-order chi connectivity index (χ0) is 13.4. The number of methoxy groups -OCH3 is 1. The molecule has 0 atom stereocenters. The van der Waals surface area contributed by atoms with E-state index < -0.39 is 0 Å². The van der Waals surface area contributed by atoms with Crippen LogP contribution in [0.2, 0.25) is 5.15 Å². The normalized spacial score (nSPS) is 10.9. The lowest BCUT2D eigenvalue weighted by Crippen LogP contribution is -1.99. The van der Waals surface area contributed by atoms with E-state index >= 15 is 0 Å². The molecule has 0 N–H and O–H groups in total. The number of fused-ring (bicyclic) bond motifs is 1. The van der Waals surface area contributed by atoms with Gasteiger partial charge in [-0.1, -0.05) is 11.6 Å². The zero-order valence-corrected chi connectivity index (χ0v) is 11.1. The van der Waals surface area contributed by atoms with Gasteiger partial charge in [-0.15, -0.1) is 10.2 Å². The highest BCUT2D eigenvalue weighted by Crippen LogP contribution is 2.28. The van der Waals surface area contributed by atoms with Crippen molar-refractivity contribution in [3.63, 3.8) is 0 Å². The number of hydrogen-bond donors (Lipinski definition) is 0. The predicted octanol–water partition coefficient (Wildman–Crippen LogP) is 2.16. The van der Waals surface area contributed by atoms with E-state index in [9.17, 15) is 0 Å². The monoisotopic (exact) mass is 275 g/mol. The fraction of sp³-hybridized carbons (Fsp3) is 0.167. The summed E-state index contributed by atoms with van der Waals surface area (Å²) in [5.41, 5.74) is 1.45. The number of aryl methyl sites for hydroxylation is 1. The molecule has 0 aliphatic rings. The largest absolute Gasteiger partial charge is 0.494 e. The van der Waals surface area contributed by atoms with Crippen LogP contribution in [0.4, 0.5) is 0 Å².